The van der Waals surface area contributed by atoms with Gasteiger partial charge in [-0.15, -0.1) is 0 Å². The molecule has 0 saturated carbocycles. The molecule has 0 amide bonds. The van der Waals surface area contributed by atoms with Crippen LogP contribution in [0.15, 0.2) is 14.9 Å². The van der Waals surface area contributed by atoms with Crippen molar-refractivity contribution >= 4 is 11.9 Å². The van der Waals surface area contributed by atoms with E-state index in [-0.39, 0.29) is 25.2 Å². The van der Waals surface area contributed by atoms with Gasteiger partial charge in [0, 0.05) is 38.5 Å². The van der Waals surface area contributed by atoms with Gasteiger partial charge in [0.15, 0.2) is 6.10 Å². The highest BCUT2D eigenvalue weighted by Crippen LogP contribution is 2.25. The highest BCUT2D eigenvalue weighted by Gasteiger charge is 2.16. The van der Waals surface area contributed by atoms with Crippen molar-refractivity contribution in [1.29, 1.82) is 0 Å². The summed E-state index contributed by atoms with van der Waals surface area (Å²) in [6, 6.07) is 2.24. The van der Waals surface area contributed by atoms with Crippen LogP contribution in [-0.4, -0.2) is 36.4 Å². The van der Waals surface area contributed by atoms with Crippen molar-refractivity contribution in [1.82, 2.24) is 0 Å². The monoisotopic (exact) mass is 743 g/mol. The van der Waals surface area contributed by atoms with Gasteiger partial charge in [0.25, 0.3) is 0 Å². The Labute approximate surface area is 323 Å². The molecule has 53 heavy (non-hydrogen) atoms. The predicted molar refractivity (Wildman–Crippen MR) is 217 cm³/mol. The van der Waals surface area contributed by atoms with E-state index in [1.54, 1.807) is 0 Å². The number of carbonyl (C=O) groups excluding carboxylic acids is 2. The van der Waals surface area contributed by atoms with E-state index in [1.807, 2.05) is 0 Å². The molecular weight excluding hydrogens is 664 g/mol. The second-order valence-corrected chi connectivity index (χ2v) is 15.6. The zero-order valence-corrected chi connectivity index (χ0v) is 34.8. The van der Waals surface area contributed by atoms with Crippen LogP contribution >= 0.6 is 0 Å². The van der Waals surface area contributed by atoms with E-state index in [0.29, 0.717) is 12.8 Å². The van der Waals surface area contributed by atoms with Crippen molar-refractivity contribution in [3.63, 3.8) is 0 Å². The molecule has 0 unspecified atom stereocenters. The number of carbonyl (C=O) groups is 2. The Bertz CT molecular complexity index is 1220. The molecule has 7 heteroatoms. The van der Waals surface area contributed by atoms with Crippen LogP contribution in [0, 0.1) is 20.8 Å². The fourth-order valence-electron chi connectivity index (χ4n) is 7.15. The number of esters is 2. The normalized spacial score (nSPS) is 12.0. The Morgan fingerprint density at radius 1 is 0.566 bits per heavy atom. The topological polar surface area (TPSA) is 99.1 Å². The largest absolute Gasteiger partial charge is 0.466 e. The highest BCUT2D eigenvalue weighted by molar-refractivity contribution is 5.70. The Morgan fingerprint density at radius 3 is 1.57 bits per heavy atom. The third kappa shape index (κ3) is 21.2. The highest BCUT2D eigenvalue weighted by atomic mass is 16.6. The summed E-state index contributed by atoms with van der Waals surface area (Å²) in [5.41, 5.74) is 3.99. The summed E-state index contributed by atoms with van der Waals surface area (Å²) in [6.07, 6.45) is 29.6. The number of aliphatic hydroxyl groups excluding tert-OH is 1. The van der Waals surface area contributed by atoms with Crippen LogP contribution in [0.1, 0.15) is 208 Å². The lowest BCUT2D eigenvalue weighted by Crippen LogP contribution is -2.28. The van der Waals surface area contributed by atoms with Crippen molar-refractivity contribution in [3.8, 4) is 0 Å². The minimum Gasteiger partial charge on any atom is -0.466 e. The van der Waals surface area contributed by atoms with Crippen molar-refractivity contribution < 1.29 is 33.0 Å². The van der Waals surface area contributed by atoms with Gasteiger partial charge in [0.05, 0.1) is 6.61 Å². The molecule has 0 aliphatic rings. The molecule has 2 aromatic heterocycles. The average molecular weight is 743 g/mol. The number of unbranched alkanes of at least 4 members (excludes halogenated alkanes) is 18. The van der Waals surface area contributed by atoms with Crippen molar-refractivity contribution in [2.45, 2.75) is 221 Å². The maximum atomic E-state index is 12.3. The first-order valence-electron chi connectivity index (χ1n) is 21.9. The number of aryl methyl sites for hydroxylation is 5. The quantitative estimate of drug-likeness (QED) is 0.0563. The van der Waals surface area contributed by atoms with Crippen LogP contribution in [0.2, 0.25) is 0 Å². The predicted octanol–water partition coefficient (Wildman–Crippen LogP) is 12.5. The van der Waals surface area contributed by atoms with Gasteiger partial charge in [-0.2, -0.15) is 0 Å². The Kier molecular flexibility index (Phi) is 26.2. The molecule has 0 radical (unpaired) electrons. The lowest BCUT2D eigenvalue weighted by Gasteiger charge is -2.15. The van der Waals surface area contributed by atoms with E-state index < -0.39 is 6.10 Å². The van der Waals surface area contributed by atoms with Crippen LogP contribution in [-0.2, 0) is 44.7 Å². The number of hydrogen-bond acceptors (Lipinski definition) is 7. The Hall–Kier alpha value is -2.54. The fraction of sp³-hybridized carbons (Fsp3) is 0.783. The lowest BCUT2D eigenvalue weighted by atomic mass is 10.0. The van der Waals surface area contributed by atoms with E-state index in [9.17, 15) is 14.7 Å². The SMILES string of the molecule is CCCCCc1cc(C)c(CCCCCCCCCCCCC(=O)O[C@@H](CO)COC(=O)CCCCCCCCCCc2oc(CCC)c(C)c2C)o1. The van der Waals surface area contributed by atoms with Gasteiger partial charge < -0.3 is 23.4 Å². The molecule has 0 bridgehead atoms. The second-order valence-electron chi connectivity index (χ2n) is 15.6. The average Bonchev–Trinajstić information content (AvgIpc) is 3.63. The first kappa shape index (κ1) is 46.6. The van der Waals surface area contributed by atoms with Crippen LogP contribution in [0.3, 0.4) is 0 Å². The van der Waals surface area contributed by atoms with Crippen LogP contribution in [0.5, 0.6) is 0 Å². The molecule has 0 aliphatic heterocycles. The first-order valence-corrected chi connectivity index (χ1v) is 21.9. The van der Waals surface area contributed by atoms with Gasteiger partial charge in [-0.3, -0.25) is 9.59 Å². The lowest BCUT2D eigenvalue weighted by molar-refractivity contribution is -0.161. The van der Waals surface area contributed by atoms with E-state index in [2.05, 4.69) is 40.7 Å². The molecule has 0 fully saturated rings. The van der Waals surface area contributed by atoms with Gasteiger partial charge >= 0.3 is 11.9 Å². The van der Waals surface area contributed by atoms with Gasteiger partial charge in [-0.05, 0) is 82.1 Å². The third-order valence-electron chi connectivity index (χ3n) is 10.7. The molecule has 1 atom stereocenters. The maximum absolute atomic E-state index is 12.3. The second kappa shape index (κ2) is 29.8. The van der Waals surface area contributed by atoms with Crippen LogP contribution in [0.25, 0.3) is 0 Å². The number of furan rings is 2. The summed E-state index contributed by atoms with van der Waals surface area (Å²) >= 11 is 0. The van der Waals surface area contributed by atoms with Crippen molar-refractivity contribution in [3.05, 3.63) is 45.8 Å². The zero-order chi connectivity index (χ0) is 38.5. The van der Waals surface area contributed by atoms with E-state index in [0.717, 1.165) is 76.4 Å². The molecule has 0 spiro atoms. The van der Waals surface area contributed by atoms with E-state index in [4.69, 9.17) is 18.3 Å². The Balaban J connectivity index is 1.36. The molecule has 1 N–H and O–H groups in total. The number of hydrogen-bond donors (Lipinski definition) is 1. The molecule has 304 valence electrons. The fourth-order valence-corrected chi connectivity index (χ4v) is 7.15. The summed E-state index contributed by atoms with van der Waals surface area (Å²) < 4.78 is 22.9. The van der Waals surface area contributed by atoms with Crippen molar-refractivity contribution in [2.24, 2.45) is 0 Å². The smallest absolute Gasteiger partial charge is 0.306 e. The minimum absolute atomic E-state index is 0.0827. The first-order chi connectivity index (χ1) is 25.8. The summed E-state index contributed by atoms with van der Waals surface area (Å²) in [5.74, 6) is 4.07. The molecule has 0 aliphatic carbocycles. The summed E-state index contributed by atoms with van der Waals surface area (Å²) in [4.78, 5) is 24.5. The van der Waals surface area contributed by atoms with E-state index in [1.165, 1.54) is 130 Å². The number of rotatable bonds is 34. The van der Waals surface area contributed by atoms with Crippen molar-refractivity contribution in [2.75, 3.05) is 13.2 Å². The summed E-state index contributed by atoms with van der Waals surface area (Å²) in [7, 11) is 0. The molecular formula is C46H78O7. The zero-order valence-electron chi connectivity index (χ0n) is 34.8. The summed E-state index contributed by atoms with van der Waals surface area (Å²) in [5, 5.41) is 9.62. The molecule has 0 aromatic carbocycles. The number of aliphatic hydroxyl groups is 1. The van der Waals surface area contributed by atoms with Crippen LogP contribution < -0.4 is 0 Å². The molecule has 2 aromatic rings. The molecule has 2 heterocycles. The maximum Gasteiger partial charge on any atom is 0.306 e. The molecule has 2 rings (SSSR count). The molecule has 7 nitrogen and oxygen atoms in total. The van der Waals surface area contributed by atoms with Gasteiger partial charge in [0.1, 0.15) is 29.6 Å². The molecule has 0 saturated heterocycles. The minimum atomic E-state index is -0.790. The third-order valence-corrected chi connectivity index (χ3v) is 10.7. The van der Waals surface area contributed by atoms with E-state index >= 15 is 0 Å². The van der Waals surface area contributed by atoms with Crippen LogP contribution in [0.4, 0.5) is 0 Å². The number of ether oxygens (including phenoxy) is 2. The Morgan fingerprint density at radius 2 is 1.04 bits per heavy atom. The summed E-state index contributed by atoms with van der Waals surface area (Å²) in [6.45, 7) is 10.5. The standard InChI is InChI=1S/C46H78O7/c1-6-8-23-29-40-34-37(3)42(51-40)30-24-19-15-11-9-10-12-18-22-27-33-46(49)52-41(35-47)36-50-45(48)32-26-21-17-14-13-16-20-25-31-44-39(5)38(4)43(53-44)28-7-2/h34,41,47H,6-33,35-36H2,1-5H3/t41-/m0/s1. The van der Waals surface area contributed by atoms with Gasteiger partial charge in [-0.25, -0.2) is 0 Å². The van der Waals surface area contributed by atoms with Gasteiger partial charge in [-0.1, -0.05) is 117 Å². The van der Waals surface area contributed by atoms with Gasteiger partial charge in [0.2, 0.25) is 0 Å².